The lowest BCUT2D eigenvalue weighted by Gasteiger charge is -2.01. The van der Waals surface area contributed by atoms with Gasteiger partial charge < -0.3 is 20.6 Å². The summed E-state index contributed by atoms with van der Waals surface area (Å²) in [6.07, 6.45) is 1.36. The smallest absolute Gasteiger partial charge is 0.343 e. The zero-order valence-electron chi connectivity index (χ0n) is 14.6. The Kier molecular flexibility index (Phi) is 6.17. The van der Waals surface area contributed by atoms with E-state index in [2.05, 4.69) is 9.98 Å². The van der Waals surface area contributed by atoms with Crippen molar-refractivity contribution in [1.29, 1.82) is 5.26 Å². The monoisotopic (exact) mass is 352 g/mol. The number of benzene rings is 1. The van der Waals surface area contributed by atoms with Crippen LogP contribution in [0.5, 0.6) is 5.75 Å². The van der Waals surface area contributed by atoms with Crippen LogP contribution in [0.2, 0.25) is 0 Å². The molecule has 0 unspecified atom stereocenters. The highest BCUT2D eigenvalue weighted by Crippen LogP contribution is 2.28. The van der Waals surface area contributed by atoms with Gasteiger partial charge in [0.15, 0.2) is 5.75 Å². The summed E-state index contributed by atoms with van der Waals surface area (Å²) in [5.41, 5.74) is 7.60. The number of aromatic hydroxyl groups is 1. The van der Waals surface area contributed by atoms with Crippen LogP contribution in [0.4, 0.5) is 0 Å². The molecule has 0 aliphatic rings. The second-order valence-electron chi connectivity index (χ2n) is 5.46. The summed E-state index contributed by atoms with van der Waals surface area (Å²) >= 11 is 0. The first-order valence-corrected chi connectivity index (χ1v) is 8.02. The van der Waals surface area contributed by atoms with E-state index in [-0.39, 0.29) is 35.0 Å². The number of hydrogen-bond acceptors (Lipinski definition) is 5. The molecule has 134 valence electrons. The number of hydrogen-bond donors (Lipinski definition) is 3. The number of amidine groups is 1. The number of carbonyl (C=O) groups excluding carboxylic acids is 1. The van der Waals surface area contributed by atoms with Gasteiger partial charge in [-0.25, -0.2) is 4.79 Å². The predicted molar refractivity (Wildman–Crippen MR) is 98.5 cm³/mol. The van der Waals surface area contributed by atoms with Crippen molar-refractivity contribution < 1.29 is 14.6 Å². The zero-order chi connectivity index (χ0) is 19.1. The number of nitrogens with zero attached hydrogens (tertiary/aromatic N) is 2. The molecule has 2 rings (SSSR count). The molecule has 0 radical (unpaired) electrons. The highest BCUT2D eigenvalue weighted by atomic mass is 16.5. The second-order valence-corrected chi connectivity index (χ2v) is 5.46. The number of H-pyrrole nitrogens is 1. The summed E-state index contributed by atoms with van der Waals surface area (Å²) in [5, 5.41) is 19.6. The number of carbonyl (C=O) groups is 1. The summed E-state index contributed by atoms with van der Waals surface area (Å²) in [6.45, 7) is 3.82. The van der Waals surface area contributed by atoms with Crippen LogP contribution in [0.15, 0.2) is 40.9 Å². The van der Waals surface area contributed by atoms with Gasteiger partial charge in [0.05, 0.1) is 24.4 Å². The minimum Gasteiger partial charge on any atom is -0.505 e. The fourth-order valence-electron chi connectivity index (χ4n) is 2.35. The SMILES string of the molecule is CCOC(=O)c1c(C)[nH]c(C=C(C#N)C(N)=NCc2ccccc2)c1O. The number of rotatable bonds is 6. The van der Waals surface area contributed by atoms with Crippen molar-refractivity contribution in [2.24, 2.45) is 10.7 Å². The Labute approximate surface area is 151 Å². The van der Waals surface area contributed by atoms with Crippen molar-refractivity contribution in [3.8, 4) is 11.8 Å². The van der Waals surface area contributed by atoms with Gasteiger partial charge in [-0.15, -0.1) is 0 Å². The van der Waals surface area contributed by atoms with E-state index in [9.17, 15) is 15.2 Å². The lowest BCUT2D eigenvalue weighted by atomic mass is 10.1. The quantitative estimate of drug-likeness (QED) is 0.319. The van der Waals surface area contributed by atoms with E-state index >= 15 is 0 Å². The fraction of sp³-hybridized carbons (Fsp3) is 0.211. The predicted octanol–water partition coefficient (Wildman–Crippen LogP) is 2.67. The summed E-state index contributed by atoms with van der Waals surface area (Å²) in [7, 11) is 0. The Morgan fingerprint density at radius 1 is 1.42 bits per heavy atom. The molecule has 0 bridgehead atoms. The number of nitriles is 1. The van der Waals surface area contributed by atoms with Crippen LogP contribution < -0.4 is 5.73 Å². The molecule has 4 N–H and O–H groups in total. The maximum Gasteiger partial charge on any atom is 0.343 e. The first-order chi connectivity index (χ1) is 12.5. The van der Waals surface area contributed by atoms with Crippen LogP contribution in [0.1, 0.15) is 34.2 Å². The summed E-state index contributed by atoms with van der Waals surface area (Å²) in [5.74, 6) is -0.882. The first kappa shape index (κ1) is 18.8. The lowest BCUT2D eigenvalue weighted by molar-refractivity contribution is 0.0522. The Bertz CT molecular complexity index is 889. The average Bonchev–Trinajstić information content (AvgIpc) is 2.92. The first-order valence-electron chi connectivity index (χ1n) is 8.02. The minimum atomic E-state index is -0.636. The standard InChI is InChI=1S/C19H20N4O3/c1-3-26-19(25)16-12(2)23-15(17(16)24)9-14(10-20)18(21)22-11-13-7-5-4-6-8-13/h4-9,23-24H,3,11H2,1-2H3,(H2,21,22). The molecule has 1 aromatic heterocycles. The van der Waals surface area contributed by atoms with Gasteiger partial charge in [-0.3, -0.25) is 4.99 Å². The van der Waals surface area contributed by atoms with Crippen LogP contribution in [-0.4, -0.2) is 28.5 Å². The third kappa shape index (κ3) is 4.30. The molecule has 7 heteroatoms. The van der Waals surface area contributed by atoms with Gasteiger partial charge in [-0.05, 0) is 25.5 Å². The molecule has 0 saturated heterocycles. The van der Waals surface area contributed by atoms with Crippen LogP contribution in [-0.2, 0) is 11.3 Å². The van der Waals surface area contributed by atoms with Crippen molar-refractivity contribution in [3.63, 3.8) is 0 Å². The molecule has 1 aromatic carbocycles. The van der Waals surface area contributed by atoms with E-state index in [1.807, 2.05) is 36.4 Å². The van der Waals surface area contributed by atoms with E-state index in [1.165, 1.54) is 6.08 Å². The number of aromatic amines is 1. The van der Waals surface area contributed by atoms with Crippen molar-refractivity contribution in [3.05, 3.63) is 58.4 Å². The Balaban J connectivity index is 2.30. The van der Waals surface area contributed by atoms with Gasteiger partial charge in [0, 0.05) is 5.69 Å². The third-order valence-corrected chi connectivity index (χ3v) is 3.63. The van der Waals surface area contributed by atoms with Crippen molar-refractivity contribution >= 4 is 17.9 Å². The van der Waals surface area contributed by atoms with E-state index in [0.29, 0.717) is 12.2 Å². The topological polar surface area (TPSA) is 124 Å². The molecule has 0 amide bonds. The molecule has 7 nitrogen and oxygen atoms in total. The van der Waals surface area contributed by atoms with E-state index in [1.54, 1.807) is 13.8 Å². The van der Waals surface area contributed by atoms with E-state index in [0.717, 1.165) is 5.56 Å². The summed E-state index contributed by atoms with van der Waals surface area (Å²) < 4.78 is 4.92. The normalized spacial score (nSPS) is 11.9. The second kappa shape index (κ2) is 8.53. The van der Waals surface area contributed by atoms with Crippen molar-refractivity contribution in [1.82, 2.24) is 4.98 Å². The Morgan fingerprint density at radius 3 is 2.73 bits per heavy atom. The van der Waals surface area contributed by atoms with Crippen molar-refractivity contribution in [2.75, 3.05) is 6.61 Å². The van der Waals surface area contributed by atoms with E-state index in [4.69, 9.17) is 10.5 Å². The summed E-state index contributed by atoms with van der Waals surface area (Å²) in [6, 6.07) is 11.4. The molecule has 0 saturated carbocycles. The molecule has 2 aromatic rings. The maximum absolute atomic E-state index is 11.9. The fourth-order valence-corrected chi connectivity index (χ4v) is 2.35. The molecule has 0 fully saturated rings. The largest absolute Gasteiger partial charge is 0.505 e. The molecular formula is C19H20N4O3. The summed E-state index contributed by atoms with van der Waals surface area (Å²) in [4.78, 5) is 19.0. The van der Waals surface area contributed by atoms with Crippen LogP contribution in [0, 0.1) is 18.3 Å². The Hall–Kier alpha value is -3.53. The number of aromatic nitrogens is 1. The number of ether oxygens (including phenoxy) is 1. The lowest BCUT2D eigenvalue weighted by Crippen LogP contribution is -2.14. The Morgan fingerprint density at radius 2 is 2.12 bits per heavy atom. The number of esters is 1. The molecule has 26 heavy (non-hydrogen) atoms. The third-order valence-electron chi connectivity index (χ3n) is 3.63. The van der Waals surface area contributed by atoms with Crippen LogP contribution in [0.3, 0.4) is 0 Å². The number of aliphatic imine (C=N–C) groups is 1. The van der Waals surface area contributed by atoms with Gasteiger partial charge in [0.2, 0.25) is 0 Å². The molecule has 0 aliphatic heterocycles. The molecular weight excluding hydrogens is 332 g/mol. The van der Waals surface area contributed by atoms with Gasteiger partial charge in [0.25, 0.3) is 0 Å². The molecule has 0 spiro atoms. The highest BCUT2D eigenvalue weighted by Gasteiger charge is 2.21. The van der Waals surface area contributed by atoms with Gasteiger partial charge >= 0.3 is 5.97 Å². The van der Waals surface area contributed by atoms with Crippen LogP contribution >= 0.6 is 0 Å². The highest BCUT2D eigenvalue weighted by molar-refractivity contribution is 6.05. The van der Waals surface area contributed by atoms with E-state index < -0.39 is 5.97 Å². The van der Waals surface area contributed by atoms with Gasteiger partial charge in [-0.1, -0.05) is 30.3 Å². The molecule has 0 aliphatic carbocycles. The number of aryl methyl sites for hydroxylation is 1. The van der Waals surface area contributed by atoms with Crippen molar-refractivity contribution in [2.45, 2.75) is 20.4 Å². The zero-order valence-corrected chi connectivity index (χ0v) is 14.6. The van der Waals surface area contributed by atoms with Gasteiger partial charge in [0.1, 0.15) is 17.5 Å². The van der Waals surface area contributed by atoms with Gasteiger partial charge in [-0.2, -0.15) is 5.26 Å². The minimum absolute atomic E-state index is 0.0372. The molecule has 1 heterocycles. The number of nitrogens with one attached hydrogen (secondary N) is 1. The molecule has 0 atom stereocenters. The maximum atomic E-state index is 11.9. The average molecular weight is 352 g/mol. The van der Waals surface area contributed by atoms with Crippen LogP contribution in [0.25, 0.3) is 6.08 Å². The number of nitrogens with two attached hydrogens (primary N) is 1.